The van der Waals surface area contributed by atoms with Gasteiger partial charge >= 0.3 is 0 Å². The van der Waals surface area contributed by atoms with Gasteiger partial charge in [-0.2, -0.15) is 0 Å². The summed E-state index contributed by atoms with van der Waals surface area (Å²) in [5.74, 6) is 0. The van der Waals surface area contributed by atoms with Gasteiger partial charge in [0.25, 0.3) is 0 Å². The van der Waals surface area contributed by atoms with E-state index in [1.54, 1.807) is 0 Å². The molecule has 0 amide bonds. The third-order valence-electron chi connectivity index (χ3n) is 5.66. The number of hydrogen-bond donors (Lipinski definition) is 0. The van der Waals surface area contributed by atoms with E-state index in [1.165, 1.54) is 22.5 Å². The van der Waals surface area contributed by atoms with Crippen molar-refractivity contribution < 1.29 is 0 Å². The van der Waals surface area contributed by atoms with E-state index >= 15 is 0 Å². The van der Waals surface area contributed by atoms with Gasteiger partial charge in [0.05, 0.1) is 11.2 Å². The van der Waals surface area contributed by atoms with Crippen LogP contribution in [0.1, 0.15) is 52.7 Å². The van der Waals surface area contributed by atoms with Gasteiger partial charge in [-0.25, -0.2) is 0 Å². The lowest BCUT2D eigenvalue weighted by Gasteiger charge is -2.42. The zero-order chi connectivity index (χ0) is 20.3. The number of rotatable bonds is 6. The fraction of sp³-hybridized carbons (Fsp3) is 0.400. The number of aliphatic imine (C=N–C) groups is 1. The van der Waals surface area contributed by atoms with Crippen LogP contribution >= 0.6 is 0 Å². The lowest BCUT2D eigenvalue weighted by molar-refractivity contribution is 0.566. The van der Waals surface area contributed by atoms with E-state index in [0.29, 0.717) is 0 Å². The zero-order valence-electron chi connectivity index (χ0n) is 18.2. The molecule has 1 heterocycles. The van der Waals surface area contributed by atoms with Crippen molar-refractivity contribution in [3.05, 3.63) is 59.7 Å². The third-order valence-corrected chi connectivity index (χ3v) is 5.66. The number of anilines is 2. The van der Waals surface area contributed by atoms with Crippen molar-refractivity contribution in [2.45, 2.75) is 47.1 Å². The second-order valence-corrected chi connectivity index (χ2v) is 7.95. The zero-order valence-corrected chi connectivity index (χ0v) is 18.2. The molecule has 3 heteroatoms. The average molecular weight is 376 g/mol. The van der Waals surface area contributed by atoms with Gasteiger partial charge in [-0.05, 0) is 89.1 Å². The van der Waals surface area contributed by atoms with E-state index in [0.717, 1.165) is 30.9 Å². The van der Waals surface area contributed by atoms with E-state index in [4.69, 9.17) is 4.99 Å². The van der Waals surface area contributed by atoms with Gasteiger partial charge in [0.2, 0.25) is 0 Å². The lowest BCUT2D eigenvalue weighted by atomic mass is 9.88. The monoisotopic (exact) mass is 375 g/mol. The predicted molar refractivity (Wildman–Crippen MR) is 124 cm³/mol. The smallest absolute Gasteiger partial charge is 0.0631 e. The van der Waals surface area contributed by atoms with E-state index in [9.17, 15) is 0 Å². The largest absolute Gasteiger partial charge is 0.372 e. The van der Waals surface area contributed by atoms with Gasteiger partial charge in [0.15, 0.2) is 0 Å². The highest BCUT2D eigenvalue weighted by Gasteiger charge is 2.29. The summed E-state index contributed by atoms with van der Waals surface area (Å²) < 4.78 is 0. The normalized spacial score (nSPS) is 15.5. The van der Waals surface area contributed by atoms with Crippen LogP contribution in [0.4, 0.5) is 17.1 Å². The van der Waals surface area contributed by atoms with Crippen LogP contribution in [0.15, 0.2) is 53.5 Å². The highest BCUT2D eigenvalue weighted by Crippen LogP contribution is 2.38. The van der Waals surface area contributed by atoms with Crippen LogP contribution in [-0.4, -0.2) is 31.4 Å². The van der Waals surface area contributed by atoms with Crippen LogP contribution < -0.4 is 9.80 Å². The summed E-state index contributed by atoms with van der Waals surface area (Å²) in [5.41, 5.74) is 7.38. The molecule has 1 aliphatic heterocycles. The van der Waals surface area contributed by atoms with Gasteiger partial charge in [0, 0.05) is 42.8 Å². The Bertz CT molecular complexity index is 871. The third kappa shape index (κ3) is 3.99. The van der Waals surface area contributed by atoms with Crippen molar-refractivity contribution in [3.63, 3.8) is 0 Å². The van der Waals surface area contributed by atoms with E-state index in [2.05, 4.69) is 99.9 Å². The van der Waals surface area contributed by atoms with Crippen LogP contribution in [0.5, 0.6) is 0 Å². The maximum absolute atomic E-state index is 4.69. The lowest BCUT2D eigenvalue weighted by Crippen LogP contribution is -2.44. The van der Waals surface area contributed by atoms with Crippen molar-refractivity contribution in [1.29, 1.82) is 0 Å². The van der Waals surface area contributed by atoms with E-state index in [-0.39, 0.29) is 5.54 Å². The first-order valence-corrected chi connectivity index (χ1v) is 10.4. The summed E-state index contributed by atoms with van der Waals surface area (Å²) >= 11 is 0. The number of benzene rings is 2. The van der Waals surface area contributed by atoms with Crippen molar-refractivity contribution >= 4 is 28.8 Å². The Balaban J connectivity index is 1.84. The van der Waals surface area contributed by atoms with Gasteiger partial charge in [-0.15, -0.1) is 0 Å². The maximum Gasteiger partial charge on any atom is 0.0631 e. The Morgan fingerprint density at radius 3 is 2.29 bits per heavy atom. The molecule has 28 heavy (non-hydrogen) atoms. The minimum atomic E-state index is 0.0496. The SMILES string of the molecule is CCN(CC)c1ccc(N=Cc2ccc3c(c2)C(C)=CC(C)(C)N3CC)cc1. The van der Waals surface area contributed by atoms with Crippen LogP contribution in [0.2, 0.25) is 0 Å². The molecule has 0 saturated heterocycles. The maximum atomic E-state index is 4.69. The number of allylic oxidation sites excluding steroid dienone is 1. The molecule has 0 radical (unpaired) electrons. The molecule has 3 nitrogen and oxygen atoms in total. The predicted octanol–water partition coefficient (Wildman–Crippen LogP) is 6.31. The molecule has 0 atom stereocenters. The molecule has 0 aromatic heterocycles. The Kier molecular flexibility index (Phi) is 5.93. The fourth-order valence-electron chi connectivity index (χ4n) is 4.25. The molecule has 2 aromatic rings. The molecule has 1 aliphatic rings. The second kappa shape index (κ2) is 8.22. The minimum absolute atomic E-state index is 0.0496. The van der Waals surface area contributed by atoms with Gasteiger partial charge in [-0.1, -0.05) is 12.1 Å². The molecule has 2 aromatic carbocycles. The summed E-state index contributed by atoms with van der Waals surface area (Å²) in [6.07, 6.45) is 4.34. The Morgan fingerprint density at radius 1 is 1.00 bits per heavy atom. The molecule has 0 bridgehead atoms. The summed E-state index contributed by atoms with van der Waals surface area (Å²) in [6.45, 7) is 16.4. The molecule has 148 valence electrons. The number of likely N-dealkylation sites (N-methyl/N-ethyl adjacent to an activating group) is 1. The highest BCUT2D eigenvalue weighted by molar-refractivity contribution is 5.88. The first-order chi connectivity index (χ1) is 13.4. The minimum Gasteiger partial charge on any atom is -0.372 e. The molecule has 0 saturated carbocycles. The van der Waals surface area contributed by atoms with Crippen LogP contribution in [0.3, 0.4) is 0 Å². The van der Waals surface area contributed by atoms with E-state index in [1.807, 2.05) is 6.21 Å². The van der Waals surface area contributed by atoms with Crippen molar-refractivity contribution in [3.8, 4) is 0 Å². The average Bonchev–Trinajstić information content (AvgIpc) is 2.68. The summed E-state index contributed by atoms with van der Waals surface area (Å²) in [7, 11) is 0. The molecule has 3 rings (SSSR count). The van der Waals surface area contributed by atoms with Gasteiger partial charge < -0.3 is 9.80 Å². The molecule has 0 fully saturated rings. The van der Waals surface area contributed by atoms with Crippen LogP contribution in [-0.2, 0) is 0 Å². The van der Waals surface area contributed by atoms with E-state index < -0.39 is 0 Å². The first kappa shape index (κ1) is 20.2. The van der Waals surface area contributed by atoms with Gasteiger partial charge in [0.1, 0.15) is 0 Å². The molecule has 0 spiro atoms. The first-order valence-electron chi connectivity index (χ1n) is 10.4. The molecular formula is C25H33N3. The molecule has 0 aliphatic carbocycles. The van der Waals surface area contributed by atoms with Crippen molar-refractivity contribution in [1.82, 2.24) is 0 Å². The second-order valence-electron chi connectivity index (χ2n) is 7.95. The topological polar surface area (TPSA) is 18.8 Å². The summed E-state index contributed by atoms with van der Waals surface area (Å²) in [6, 6.07) is 15.2. The standard InChI is InChI=1S/C25H33N3/c1-7-27(8-2)22-13-11-21(12-14-22)26-18-20-10-15-24-23(16-20)19(4)17-25(5,6)28(24)9-3/h10-18H,7-9H2,1-6H3. The van der Waals surface area contributed by atoms with Crippen molar-refractivity contribution in [2.75, 3.05) is 29.4 Å². The van der Waals surface area contributed by atoms with Crippen LogP contribution in [0, 0.1) is 0 Å². The van der Waals surface area contributed by atoms with Gasteiger partial charge in [-0.3, -0.25) is 4.99 Å². The Labute approximate surface area is 170 Å². The summed E-state index contributed by atoms with van der Waals surface area (Å²) in [4.78, 5) is 9.49. The number of fused-ring (bicyclic) bond motifs is 1. The number of nitrogens with zero attached hydrogens (tertiary/aromatic N) is 3. The Hall–Kier alpha value is -2.55. The Morgan fingerprint density at radius 2 is 1.68 bits per heavy atom. The summed E-state index contributed by atoms with van der Waals surface area (Å²) in [5, 5.41) is 0. The molecule has 0 N–H and O–H groups in total. The van der Waals surface area contributed by atoms with Crippen LogP contribution in [0.25, 0.3) is 5.57 Å². The quantitative estimate of drug-likeness (QED) is 0.551. The molecule has 0 unspecified atom stereocenters. The van der Waals surface area contributed by atoms with Crippen molar-refractivity contribution in [2.24, 2.45) is 4.99 Å². The highest BCUT2D eigenvalue weighted by atomic mass is 15.2. The molecular weight excluding hydrogens is 342 g/mol. The fourth-order valence-corrected chi connectivity index (χ4v) is 4.25. The number of hydrogen-bond acceptors (Lipinski definition) is 3.